The van der Waals surface area contributed by atoms with Gasteiger partial charge in [0.2, 0.25) is 5.91 Å². The quantitative estimate of drug-likeness (QED) is 0.896. The van der Waals surface area contributed by atoms with Crippen molar-refractivity contribution in [2.75, 3.05) is 6.54 Å². The molecule has 2 rings (SSSR count). The second-order valence-corrected chi connectivity index (χ2v) is 5.56. The second kappa shape index (κ2) is 7.18. The van der Waals surface area contributed by atoms with Gasteiger partial charge in [-0.1, -0.05) is 18.9 Å². The van der Waals surface area contributed by atoms with Crippen molar-refractivity contribution in [3.63, 3.8) is 0 Å². The maximum absolute atomic E-state index is 13.2. The van der Waals surface area contributed by atoms with E-state index in [0.29, 0.717) is 12.1 Å². The number of rotatable bonds is 4. The highest BCUT2D eigenvalue weighted by Gasteiger charge is 2.40. The Kier molecular flexibility index (Phi) is 6.10. The SMILES string of the molecule is CC(NC(=O)C1(CN)CCCC1)c1ccc(F)c(F)c1.Cl. The predicted molar refractivity (Wildman–Crippen MR) is 80.1 cm³/mol. The van der Waals surface area contributed by atoms with E-state index in [1.807, 2.05) is 0 Å². The van der Waals surface area contributed by atoms with Gasteiger partial charge in [-0.15, -0.1) is 12.4 Å². The van der Waals surface area contributed by atoms with E-state index >= 15 is 0 Å². The normalized spacial score (nSPS) is 17.9. The third kappa shape index (κ3) is 3.71. The topological polar surface area (TPSA) is 55.1 Å². The molecule has 6 heteroatoms. The molecule has 1 atom stereocenters. The van der Waals surface area contributed by atoms with E-state index in [-0.39, 0.29) is 24.4 Å². The fourth-order valence-corrected chi connectivity index (χ4v) is 2.79. The largest absolute Gasteiger partial charge is 0.349 e. The van der Waals surface area contributed by atoms with Crippen LogP contribution in [0.15, 0.2) is 18.2 Å². The predicted octanol–water partition coefficient (Wildman–Crippen LogP) is 3.08. The molecule has 1 aromatic carbocycles. The summed E-state index contributed by atoms with van der Waals surface area (Å²) in [7, 11) is 0. The molecule has 1 fully saturated rings. The number of nitrogens with one attached hydrogen (secondary N) is 1. The van der Waals surface area contributed by atoms with Crippen LogP contribution in [0.25, 0.3) is 0 Å². The van der Waals surface area contributed by atoms with E-state index in [9.17, 15) is 13.6 Å². The van der Waals surface area contributed by atoms with Gasteiger partial charge < -0.3 is 11.1 Å². The zero-order valence-corrected chi connectivity index (χ0v) is 12.8. The first-order valence-corrected chi connectivity index (χ1v) is 6.94. The Bertz CT molecular complexity index is 504. The summed E-state index contributed by atoms with van der Waals surface area (Å²) >= 11 is 0. The molecular weight excluding hydrogens is 298 g/mol. The summed E-state index contributed by atoms with van der Waals surface area (Å²) in [6, 6.07) is 3.29. The van der Waals surface area contributed by atoms with Gasteiger partial charge in [0.15, 0.2) is 11.6 Å². The lowest BCUT2D eigenvalue weighted by molar-refractivity contribution is -0.131. The van der Waals surface area contributed by atoms with E-state index in [1.165, 1.54) is 6.07 Å². The number of nitrogens with two attached hydrogens (primary N) is 1. The lowest BCUT2D eigenvalue weighted by atomic mass is 9.85. The minimum atomic E-state index is -0.905. The van der Waals surface area contributed by atoms with Crippen LogP contribution in [0, 0.1) is 17.0 Å². The standard InChI is InChI=1S/C15H20F2N2O.ClH/c1-10(11-4-5-12(16)13(17)8-11)19-14(20)15(9-18)6-2-3-7-15;/h4-5,8,10H,2-3,6-7,9,18H2,1H3,(H,19,20);1H. The van der Waals surface area contributed by atoms with E-state index in [4.69, 9.17) is 5.73 Å². The molecule has 3 nitrogen and oxygen atoms in total. The maximum atomic E-state index is 13.2. The number of amides is 1. The molecule has 0 bridgehead atoms. The number of carbonyl (C=O) groups excluding carboxylic acids is 1. The fraction of sp³-hybridized carbons (Fsp3) is 0.533. The zero-order valence-electron chi connectivity index (χ0n) is 12.0. The molecule has 0 aliphatic heterocycles. The van der Waals surface area contributed by atoms with Gasteiger partial charge in [0.25, 0.3) is 0 Å². The first-order chi connectivity index (χ1) is 9.48. The molecule has 0 heterocycles. The Morgan fingerprint density at radius 3 is 2.48 bits per heavy atom. The van der Waals surface area contributed by atoms with Crippen LogP contribution in [0.3, 0.4) is 0 Å². The second-order valence-electron chi connectivity index (χ2n) is 5.56. The van der Waals surface area contributed by atoms with Crippen LogP contribution in [0.2, 0.25) is 0 Å². The molecule has 3 N–H and O–H groups in total. The summed E-state index contributed by atoms with van der Waals surface area (Å²) < 4.78 is 26.1. The van der Waals surface area contributed by atoms with E-state index in [2.05, 4.69) is 5.32 Å². The summed E-state index contributed by atoms with van der Waals surface area (Å²) in [5.41, 5.74) is 5.81. The van der Waals surface area contributed by atoms with Crippen molar-refractivity contribution in [1.29, 1.82) is 0 Å². The minimum absolute atomic E-state index is 0. The maximum Gasteiger partial charge on any atom is 0.227 e. The van der Waals surface area contributed by atoms with Gasteiger partial charge in [0.1, 0.15) is 0 Å². The molecule has 1 aliphatic carbocycles. The molecule has 0 aromatic heterocycles. The lowest BCUT2D eigenvalue weighted by Gasteiger charge is -2.28. The Balaban J connectivity index is 0.00000220. The van der Waals surface area contributed by atoms with E-state index in [0.717, 1.165) is 37.8 Å². The zero-order chi connectivity index (χ0) is 14.8. The minimum Gasteiger partial charge on any atom is -0.349 e. The highest BCUT2D eigenvalue weighted by Crippen LogP contribution is 2.37. The molecule has 118 valence electrons. The Morgan fingerprint density at radius 2 is 1.95 bits per heavy atom. The fourth-order valence-electron chi connectivity index (χ4n) is 2.79. The van der Waals surface area contributed by atoms with Crippen molar-refractivity contribution in [1.82, 2.24) is 5.32 Å². The molecule has 1 amide bonds. The van der Waals surface area contributed by atoms with Crippen LogP contribution in [-0.4, -0.2) is 12.5 Å². The summed E-state index contributed by atoms with van der Waals surface area (Å²) in [5, 5.41) is 2.87. The molecule has 0 saturated heterocycles. The van der Waals surface area contributed by atoms with Gasteiger partial charge in [0, 0.05) is 6.54 Å². The first-order valence-electron chi connectivity index (χ1n) is 6.94. The van der Waals surface area contributed by atoms with Crippen molar-refractivity contribution >= 4 is 18.3 Å². The number of hydrogen-bond donors (Lipinski definition) is 2. The molecule has 21 heavy (non-hydrogen) atoms. The van der Waals surface area contributed by atoms with Gasteiger partial charge >= 0.3 is 0 Å². The monoisotopic (exact) mass is 318 g/mol. The molecule has 1 saturated carbocycles. The number of hydrogen-bond acceptors (Lipinski definition) is 2. The van der Waals surface area contributed by atoms with Crippen LogP contribution < -0.4 is 11.1 Å². The highest BCUT2D eigenvalue weighted by molar-refractivity contribution is 5.85. The first kappa shape index (κ1) is 17.9. The van der Waals surface area contributed by atoms with Gasteiger partial charge in [-0.25, -0.2) is 8.78 Å². The van der Waals surface area contributed by atoms with Gasteiger partial charge in [-0.2, -0.15) is 0 Å². The average Bonchev–Trinajstić information content (AvgIpc) is 2.91. The van der Waals surface area contributed by atoms with Gasteiger partial charge in [-0.05, 0) is 37.5 Å². The van der Waals surface area contributed by atoms with E-state index in [1.54, 1.807) is 6.92 Å². The van der Waals surface area contributed by atoms with Crippen LogP contribution in [0.5, 0.6) is 0 Å². The van der Waals surface area contributed by atoms with Crippen molar-refractivity contribution in [2.24, 2.45) is 11.1 Å². The third-order valence-electron chi connectivity index (χ3n) is 4.22. The van der Waals surface area contributed by atoms with Gasteiger partial charge in [-0.3, -0.25) is 4.79 Å². The Labute approximate surface area is 129 Å². The summed E-state index contributed by atoms with van der Waals surface area (Å²) in [6.45, 7) is 2.08. The molecule has 1 aliphatic rings. The lowest BCUT2D eigenvalue weighted by Crippen LogP contribution is -2.44. The van der Waals surface area contributed by atoms with Crippen LogP contribution in [-0.2, 0) is 4.79 Å². The number of carbonyl (C=O) groups is 1. The van der Waals surface area contributed by atoms with Gasteiger partial charge in [0.05, 0.1) is 11.5 Å². The molecule has 0 spiro atoms. The molecular formula is C15H21ClF2N2O. The molecule has 1 aromatic rings. The Morgan fingerprint density at radius 1 is 1.33 bits per heavy atom. The third-order valence-corrected chi connectivity index (χ3v) is 4.22. The Hall–Kier alpha value is -1.20. The molecule has 1 unspecified atom stereocenters. The average molecular weight is 319 g/mol. The van der Waals surface area contributed by atoms with Crippen molar-refractivity contribution < 1.29 is 13.6 Å². The van der Waals surface area contributed by atoms with Crippen LogP contribution in [0.1, 0.15) is 44.2 Å². The van der Waals surface area contributed by atoms with Crippen molar-refractivity contribution in [2.45, 2.75) is 38.6 Å². The highest BCUT2D eigenvalue weighted by atomic mass is 35.5. The number of halogens is 3. The van der Waals surface area contributed by atoms with Crippen molar-refractivity contribution in [3.8, 4) is 0 Å². The summed E-state index contributed by atoms with van der Waals surface area (Å²) in [5.74, 6) is -1.88. The van der Waals surface area contributed by atoms with Crippen LogP contribution >= 0.6 is 12.4 Å². The van der Waals surface area contributed by atoms with E-state index < -0.39 is 17.0 Å². The van der Waals surface area contributed by atoms with Crippen molar-refractivity contribution in [3.05, 3.63) is 35.4 Å². The molecule has 0 radical (unpaired) electrons. The summed E-state index contributed by atoms with van der Waals surface area (Å²) in [6.07, 6.45) is 3.59. The smallest absolute Gasteiger partial charge is 0.227 e. The summed E-state index contributed by atoms with van der Waals surface area (Å²) in [4.78, 5) is 12.4. The van der Waals surface area contributed by atoms with Crippen LogP contribution in [0.4, 0.5) is 8.78 Å². The number of benzene rings is 1.